The van der Waals surface area contributed by atoms with Gasteiger partial charge >= 0.3 is 11.9 Å². The second kappa shape index (κ2) is 8.15. The van der Waals surface area contributed by atoms with E-state index in [1.807, 2.05) is 13.8 Å². The highest BCUT2D eigenvalue weighted by molar-refractivity contribution is 5.82. The van der Waals surface area contributed by atoms with Gasteiger partial charge in [0.05, 0.1) is 25.0 Å². The number of hydrogen-bond donors (Lipinski definition) is 1. The zero-order chi connectivity index (χ0) is 14.3. The van der Waals surface area contributed by atoms with E-state index in [2.05, 4.69) is 0 Å². The van der Waals surface area contributed by atoms with Gasteiger partial charge in [-0.3, -0.25) is 9.59 Å². The van der Waals surface area contributed by atoms with Gasteiger partial charge in [-0.2, -0.15) is 0 Å². The Labute approximate surface area is 114 Å². The average Bonchev–Trinajstić information content (AvgIpc) is 2.42. The Bertz CT molecular complexity index is 300. The van der Waals surface area contributed by atoms with Crippen molar-refractivity contribution in [2.24, 2.45) is 17.8 Å². The predicted octanol–water partition coefficient (Wildman–Crippen LogP) is 1.53. The summed E-state index contributed by atoms with van der Waals surface area (Å²) < 4.78 is 10.2. The van der Waals surface area contributed by atoms with Crippen molar-refractivity contribution in [3.8, 4) is 0 Å². The van der Waals surface area contributed by atoms with Crippen LogP contribution in [0.1, 0.15) is 39.5 Å². The molecule has 1 aliphatic rings. The van der Waals surface area contributed by atoms with E-state index in [0.29, 0.717) is 19.4 Å². The zero-order valence-electron chi connectivity index (χ0n) is 11.8. The maximum absolute atomic E-state index is 12.0. The third kappa shape index (κ3) is 5.19. The first-order valence-electron chi connectivity index (χ1n) is 7.00. The van der Waals surface area contributed by atoms with Crippen LogP contribution in [0, 0.1) is 17.8 Å². The molecule has 1 N–H and O–H groups in total. The molecule has 0 aromatic rings. The molecule has 0 aromatic carbocycles. The van der Waals surface area contributed by atoms with Gasteiger partial charge in [0.2, 0.25) is 0 Å². The highest BCUT2D eigenvalue weighted by Gasteiger charge is 2.37. The van der Waals surface area contributed by atoms with Crippen LogP contribution >= 0.6 is 0 Å². The fourth-order valence-corrected chi connectivity index (χ4v) is 2.30. The number of aliphatic hydroxyl groups excluding tert-OH is 1. The van der Waals surface area contributed by atoms with Crippen LogP contribution in [0.25, 0.3) is 0 Å². The van der Waals surface area contributed by atoms with Crippen LogP contribution in [0.5, 0.6) is 0 Å². The van der Waals surface area contributed by atoms with E-state index < -0.39 is 11.8 Å². The molecule has 1 fully saturated rings. The SMILES string of the molecule is CC(C)COC(=O)C1CCCCC1C(=O)OCCO. The third-order valence-electron chi connectivity index (χ3n) is 3.27. The van der Waals surface area contributed by atoms with Gasteiger partial charge in [-0.1, -0.05) is 26.7 Å². The molecule has 0 radical (unpaired) electrons. The van der Waals surface area contributed by atoms with Crippen LogP contribution < -0.4 is 0 Å². The molecule has 0 aromatic heterocycles. The summed E-state index contributed by atoms with van der Waals surface area (Å²) in [7, 11) is 0. The van der Waals surface area contributed by atoms with Crippen molar-refractivity contribution in [2.45, 2.75) is 39.5 Å². The van der Waals surface area contributed by atoms with Crippen LogP contribution in [0.3, 0.4) is 0 Å². The smallest absolute Gasteiger partial charge is 0.309 e. The minimum atomic E-state index is -0.417. The third-order valence-corrected chi connectivity index (χ3v) is 3.27. The zero-order valence-corrected chi connectivity index (χ0v) is 11.8. The summed E-state index contributed by atoms with van der Waals surface area (Å²) in [4.78, 5) is 23.9. The molecule has 1 rings (SSSR count). The van der Waals surface area contributed by atoms with Gasteiger partial charge in [-0.25, -0.2) is 0 Å². The van der Waals surface area contributed by atoms with Crippen molar-refractivity contribution in [1.82, 2.24) is 0 Å². The number of carbonyl (C=O) groups is 2. The van der Waals surface area contributed by atoms with Crippen molar-refractivity contribution < 1.29 is 24.2 Å². The van der Waals surface area contributed by atoms with Gasteiger partial charge in [0.15, 0.2) is 0 Å². The maximum Gasteiger partial charge on any atom is 0.309 e. The van der Waals surface area contributed by atoms with E-state index in [1.54, 1.807) is 0 Å². The fourth-order valence-electron chi connectivity index (χ4n) is 2.30. The quantitative estimate of drug-likeness (QED) is 0.742. The number of carbonyl (C=O) groups excluding carboxylic acids is 2. The van der Waals surface area contributed by atoms with E-state index in [9.17, 15) is 9.59 Å². The molecule has 0 amide bonds. The topological polar surface area (TPSA) is 72.8 Å². The molecule has 1 saturated carbocycles. The molecular formula is C14H24O5. The van der Waals surface area contributed by atoms with E-state index >= 15 is 0 Å². The summed E-state index contributed by atoms with van der Waals surface area (Å²) in [6.45, 7) is 4.13. The van der Waals surface area contributed by atoms with Crippen LogP contribution in [-0.4, -0.2) is 36.9 Å². The lowest BCUT2D eigenvalue weighted by Crippen LogP contribution is -2.35. The lowest BCUT2D eigenvalue weighted by molar-refractivity contribution is -0.163. The van der Waals surface area contributed by atoms with Crippen molar-refractivity contribution in [3.63, 3.8) is 0 Å². The van der Waals surface area contributed by atoms with Crippen LogP contribution in [0.2, 0.25) is 0 Å². The average molecular weight is 272 g/mol. The number of hydrogen-bond acceptors (Lipinski definition) is 5. The number of ether oxygens (including phenoxy) is 2. The lowest BCUT2D eigenvalue weighted by atomic mass is 9.79. The van der Waals surface area contributed by atoms with Crippen LogP contribution in [0.15, 0.2) is 0 Å². The summed E-state index contributed by atoms with van der Waals surface area (Å²) >= 11 is 0. The molecule has 0 heterocycles. The van der Waals surface area contributed by atoms with Crippen molar-refractivity contribution in [3.05, 3.63) is 0 Å². The van der Waals surface area contributed by atoms with Gasteiger partial charge in [0.25, 0.3) is 0 Å². The van der Waals surface area contributed by atoms with E-state index in [-0.39, 0.29) is 31.1 Å². The number of aliphatic hydroxyl groups is 1. The first kappa shape index (κ1) is 16.0. The Balaban J connectivity index is 2.56. The second-order valence-electron chi connectivity index (χ2n) is 5.41. The lowest BCUT2D eigenvalue weighted by Gasteiger charge is -2.28. The predicted molar refractivity (Wildman–Crippen MR) is 69.3 cm³/mol. The Morgan fingerprint density at radius 1 is 1.11 bits per heavy atom. The molecule has 0 saturated heterocycles. The Kier molecular flexibility index (Phi) is 6.84. The monoisotopic (exact) mass is 272 g/mol. The molecule has 0 aliphatic heterocycles. The summed E-state index contributed by atoms with van der Waals surface area (Å²) in [5.74, 6) is -1.20. The number of esters is 2. The Hall–Kier alpha value is -1.10. The van der Waals surface area contributed by atoms with E-state index in [1.165, 1.54) is 0 Å². The highest BCUT2D eigenvalue weighted by Crippen LogP contribution is 2.32. The highest BCUT2D eigenvalue weighted by atomic mass is 16.5. The molecule has 1 aliphatic carbocycles. The normalized spacial score (nSPS) is 23.2. The van der Waals surface area contributed by atoms with Crippen molar-refractivity contribution in [1.29, 1.82) is 0 Å². The van der Waals surface area contributed by atoms with Gasteiger partial charge in [-0.05, 0) is 18.8 Å². The van der Waals surface area contributed by atoms with Gasteiger partial charge in [0.1, 0.15) is 6.61 Å². The second-order valence-corrected chi connectivity index (χ2v) is 5.41. The summed E-state index contributed by atoms with van der Waals surface area (Å²) in [6.07, 6.45) is 3.19. The van der Waals surface area contributed by atoms with Gasteiger partial charge < -0.3 is 14.6 Å². The maximum atomic E-state index is 12.0. The number of rotatable bonds is 6. The summed E-state index contributed by atoms with van der Waals surface area (Å²) in [6, 6.07) is 0. The minimum Gasteiger partial charge on any atom is -0.465 e. The van der Waals surface area contributed by atoms with Gasteiger partial charge in [-0.15, -0.1) is 0 Å². The molecule has 0 bridgehead atoms. The van der Waals surface area contributed by atoms with Crippen molar-refractivity contribution in [2.75, 3.05) is 19.8 Å². The van der Waals surface area contributed by atoms with Crippen LogP contribution in [-0.2, 0) is 19.1 Å². The largest absolute Gasteiger partial charge is 0.465 e. The minimum absolute atomic E-state index is 0.0108. The first-order chi connectivity index (χ1) is 9.06. The molecular weight excluding hydrogens is 248 g/mol. The van der Waals surface area contributed by atoms with E-state index in [4.69, 9.17) is 14.6 Å². The van der Waals surface area contributed by atoms with Crippen molar-refractivity contribution >= 4 is 11.9 Å². The summed E-state index contributed by atoms with van der Waals surface area (Å²) in [5.41, 5.74) is 0. The Morgan fingerprint density at radius 2 is 1.63 bits per heavy atom. The first-order valence-corrected chi connectivity index (χ1v) is 7.00. The molecule has 0 spiro atoms. The van der Waals surface area contributed by atoms with Gasteiger partial charge in [0, 0.05) is 0 Å². The molecule has 2 unspecified atom stereocenters. The fraction of sp³-hybridized carbons (Fsp3) is 0.857. The molecule has 19 heavy (non-hydrogen) atoms. The molecule has 5 heteroatoms. The van der Waals surface area contributed by atoms with E-state index in [0.717, 1.165) is 12.8 Å². The van der Waals surface area contributed by atoms with Crippen LogP contribution in [0.4, 0.5) is 0 Å². The summed E-state index contributed by atoms with van der Waals surface area (Å²) in [5, 5.41) is 8.67. The molecule has 5 nitrogen and oxygen atoms in total. The Morgan fingerprint density at radius 3 is 2.11 bits per heavy atom. The molecule has 2 atom stereocenters. The standard InChI is InChI=1S/C14H24O5/c1-10(2)9-19-14(17)12-6-4-3-5-11(12)13(16)18-8-7-15/h10-12,15H,3-9H2,1-2H3. The molecule has 110 valence electrons.